The van der Waals surface area contributed by atoms with E-state index < -0.39 is 0 Å². The molecule has 0 N–H and O–H groups in total. The maximum absolute atomic E-state index is 10.3. The molecule has 1 aliphatic carbocycles. The van der Waals surface area contributed by atoms with Crippen molar-refractivity contribution in [3.63, 3.8) is 0 Å². The minimum atomic E-state index is 0.639. The molecule has 0 spiro atoms. The highest BCUT2D eigenvalue weighted by atomic mass is 16.1. The summed E-state index contributed by atoms with van der Waals surface area (Å²) in [6.07, 6.45) is 44.7. The summed E-state index contributed by atoms with van der Waals surface area (Å²) in [5, 5.41) is 0. The molecule has 42 heavy (non-hydrogen) atoms. The molecule has 0 aromatic heterocycles. The Hall–Kier alpha value is -1.76. The number of unbranched alkanes of at least 4 members (excludes halogenated alkanes) is 17. The van der Waals surface area contributed by atoms with Crippen LogP contribution < -0.4 is 0 Å². The fourth-order valence-corrected chi connectivity index (χ4v) is 6.85. The van der Waals surface area contributed by atoms with Crippen molar-refractivity contribution < 1.29 is 9.59 Å². The second-order valence-corrected chi connectivity index (χ2v) is 12.8. The molecule has 0 bridgehead atoms. The second kappa shape index (κ2) is 29.3. The third-order valence-electron chi connectivity index (χ3n) is 9.36. The quantitative estimate of drug-likeness (QED) is 0.0381. The van der Waals surface area contributed by atoms with E-state index in [9.17, 15) is 9.59 Å². The van der Waals surface area contributed by atoms with Gasteiger partial charge in [-0.1, -0.05) is 147 Å². The fourth-order valence-electron chi connectivity index (χ4n) is 6.85. The van der Waals surface area contributed by atoms with Crippen molar-refractivity contribution in [1.82, 2.24) is 0 Å². The molecule has 0 amide bonds. The number of allylic oxidation sites excluding steroid dienone is 4. The molecule has 4 heteroatoms. The predicted molar refractivity (Wildman–Crippen MR) is 180 cm³/mol. The van der Waals surface area contributed by atoms with Gasteiger partial charge in [-0.3, -0.25) is 0 Å². The molecule has 240 valence electrons. The third kappa shape index (κ3) is 20.2. The zero-order valence-electron chi connectivity index (χ0n) is 27.7. The molecule has 0 saturated heterocycles. The van der Waals surface area contributed by atoms with Gasteiger partial charge in [-0.25, -0.2) is 19.6 Å². The highest BCUT2D eigenvalue weighted by Crippen LogP contribution is 2.43. The molecular formula is C38H66N2O2. The van der Waals surface area contributed by atoms with E-state index in [-0.39, 0.29) is 0 Å². The number of isocyanates is 2. The SMILES string of the molecule is CCCCCCC/C=C\C1C(CCCCCCCCN=C=O)C=CC(CCCCC)C1CCCCCCCCN=C=O. The van der Waals surface area contributed by atoms with Gasteiger partial charge in [-0.05, 0) is 68.6 Å². The van der Waals surface area contributed by atoms with Crippen LogP contribution in [-0.2, 0) is 9.59 Å². The lowest BCUT2D eigenvalue weighted by Gasteiger charge is -2.39. The van der Waals surface area contributed by atoms with E-state index in [0.717, 1.165) is 24.7 Å². The zero-order chi connectivity index (χ0) is 30.4. The molecule has 4 nitrogen and oxygen atoms in total. The first kappa shape index (κ1) is 38.3. The van der Waals surface area contributed by atoms with Crippen molar-refractivity contribution in [2.24, 2.45) is 33.7 Å². The summed E-state index contributed by atoms with van der Waals surface area (Å²) < 4.78 is 0. The summed E-state index contributed by atoms with van der Waals surface area (Å²) in [7, 11) is 0. The average Bonchev–Trinajstić information content (AvgIpc) is 3.00. The van der Waals surface area contributed by atoms with Gasteiger partial charge in [0.15, 0.2) is 0 Å². The van der Waals surface area contributed by atoms with Crippen LogP contribution in [0.25, 0.3) is 0 Å². The highest BCUT2D eigenvalue weighted by molar-refractivity contribution is 5.32. The van der Waals surface area contributed by atoms with E-state index in [1.165, 1.54) is 141 Å². The first-order valence-corrected chi connectivity index (χ1v) is 18.2. The molecule has 0 heterocycles. The minimum Gasteiger partial charge on any atom is -0.211 e. The van der Waals surface area contributed by atoms with Gasteiger partial charge < -0.3 is 0 Å². The Balaban J connectivity index is 2.73. The first-order valence-electron chi connectivity index (χ1n) is 18.2. The summed E-state index contributed by atoms with van der Waals surface area (Å²) >= 11 is 0. The summed E-state index contributed by atoms with van der Waals surface area (Å²) in [4.78, 5) is 27.8. The molecular weight excluding hydrogens is 516 g/mol. The summed E-state index contributed by atoms with van der Waals surface area (Å²) in [5.41, 5.74) is 0. The van der Waals surface area contributed by atoms with Crippen molar-refractivity contribution >= 4 is 12.2 Å². The molecule has 1 aliphatic rings. The lowest BCUT2D eigenvalue weighted by molar-refractivity contribution is 0.196. The summed E-state index contributed by atoms with van der Waals surface area (Å²) in [6.45, 7) is 5.90. The maximum Gasteiger partial charge on any atom is 0.234 e. The summed E-state index contributed by atoms with van der Waals surface area (Å²) in [6, 6.07) is 0. The molecule has 0 aliphatic heterocycles. The topological polar surface area (TPSA) is 58.9 Å². The van der Waals surface area contributed by atoms with E-state index >= 15 is 0 Å². The Labute approximate surface area is 260 Å². The number of carbonyl (C=O) groups excluding carboxylic acids is 2. The largest absolute Gasteiger partial charge is 0.234 e. The third-order valence-corrected chi connectivity index (χ3v) is 9.36. The lowest BCUT2D eigenvalue weighted by Crippen LogP contribution is -2.30. The molecule has 4 atom stereocenters. The average molecular weight is 583 g/mol. The van der Waals surface area contributed by atoms with Crippen molar-refractivity contribution in [3.05, 3.63) is 24.3 Å². The number of aliphatic imine (C=N–C) groups is 2. The molecule has 0 saturated carbocycles. The van der Waals surface area contributed by atoms with Gasteiger partial charge >= 0.3 is 0 Å². The predicted octanol–water partition coefficient (Wildman–Crippen LogP) is 11.7. The number of hydrogen-bond donors (Lipinski definition) is 0. The van der Waals surface area contributed by atoms with Gasteiger partial charge in [0.25, 0.3) is 0 Å². The maximum atomic E-state index is 10.3. The summed E-state index contributed by atoms with van der Waals surface area (Å²) in [5.74, 6) is 2.91. The highest BCUT2D eigenvalue weighted by Gasteiger charge is 2.33. The molecule has 0 aromatic rings. The fraction of sp³-hybridized carbons (Fsp3) is 0.842. The number of nitrogens with zero attached hydrogens (tertiary/aromatic N) is 2. The Bertz CT molecular complexity index is 763. The molecule has 0 aromatic carbocycles. The first-order chi connectivity index (χ1) is 20.8. The Kier molecular flexibility index (Phi) is 26.7. The van der Waals surface area contributed by atoms with Crippen molar-refractivity contribution in [2.45, 2.75) is 168 Å². The van der Waals surface area contributed by atoms with Crippen LogP contribution in [0.5, 0.6) is 0 Å². The van der Waals surface area contributed by atoms with E-state index in [4.69, 9.17) is 0 Å². The van der Waals surface area contributed by atoms with Crippen LogP contribution in [0, 0.1) is 23.7 Å². The van der Waals surface area contributed by atoms with Gasteiger partial charge in [0.2, 0.25) is 12.2 Å². The normalized spacial score (nSPS) is 20.0. The standard InChI is InChI=1S/C38H66N2O2/c1-3-5-7-8-9-15-21-28-38-36(26-20-14-10-12-17-23-31-39-33-41)30-29-35(25-19-6-4-2)37(38)27-22-16-11-13-18-24-32-40-34-42/h21,28-30,35-38H,3-20,22-27,31-32H2,1-2H3/b28-21-. The van der Waals surface area contributed by atoms with Crippen LogP contribution in [0.2, 0.25) is 0 Å². The molecule has 4 unspecified atom stereocenters. The van der Waals surface area contributed by atoms with Crippen molar-refractivity contribution in [2.75, 3.05) is 13.1 Å². The molecule has 0 fully saturated rings. The van der Waals surface area contributed by atoms with Crippen molar-refractivity contribution in [3.8, 4) is 0 Å². The van der Waals surface area contributed by atoms with Gasteiger partial charge in [0.05, 0.1) is 13.1 Å². The van der Waals surface area contributed by atoms with E-state index in [0.29, 0.717) is 24.9 Å². The smallest absolute Gasteiger partial charge is 0.211 e. The lowest BCUT2D eigenvalue weighted by atomic mass is 9.66. The minimum absolute atomic E-state index is 0.639. The van der Waals surface area contributed by atoms with Gasteiger partial charge in [0, 0.05) is 0 Å². The van der Waals surface area contributed by atoms with Gasteiger partial charge in [-0.2, -0.15) is 0 Å². The van der Waals surface area contributed by atoms with Crippen LogP contribution in [0.3, 0.4) is 0 Å². The van der Waals surface area contributed by atoms with E-state index in [1.807, 2.05) is 0 Å². The van der Waals surface area contributed by atoms with Crippen LogP contribution in [0.4, 0.5) is 0 Å². The molecule has 1 rings (SSSR count). The van der Waals surface area contributed by atoms with Gasteiger partial charge in [-0.15, -0.1) is 0 Å². The van der Waals surface area contributed by atoms with E-state index in [1.54, 1.807) is 12.2 Å². The Morgan fingerprint density at radius 3 is 1.62 bits per heavy atom. The molecule has 0 radical (unpaired) electrons. The second-order valence-electron chi connectivity index (χ2n) is 12.8. The number of rotatable bonds is 29. The number of hydrogen-bond acceptors (Lipinski definition) is 4. The monoisotopic (exact) mass is 583 g/mol. The van der Waals surface area contributed by atoms with Crippen LogP contribution in [0.1, 0.15) is 168 Å². The van der Waals surface area contributed by atoms with Crippen LogP contribution in [-0.4, -0.2) is 25.2 Å². The van der Waals surface area contributed by atoms with Gasteiger partial charge in [0.1, 0.15) is 0 Å². The zero-order valence-corrected chi connectivity index (χ0v) is 27.7. The van der Waals surface area contributed by atoms with Crippen molar-refractivity contribution in [1.29, 1.82) is 0 Å². The Morgan fingerprint density at radius 1 is 0.548 bits per heavy atom. The van der Waals surface area contributed by atoms with Crippen LogP contribution >= 0.6 is 0 Å². The van der Waals surface area contributed by atoms with Crippen LogP contribution in [0.15, 0.2) is 34.3 Å². The van der Waals surface area contributed by atoms with E-state index in [2.05, 4.69) is 48.1 Å². The Morgan fingerprint density at radius 2 is 1.00 bits per heavy atom.